The molecule has 0 N–H and O–H groups in total. The predicted molar refractivity (Wildman–Crippen MR) is 79.8 cm³/mol. The van der Waals surface area contributed by atoms with E-state index in [2.05, 4.69) is 6.92 Å². The summed E-state index contributed by atoms with van der Waals surface area (Å²) in [6, 6.07) is 4.01. The third kappa shape index (κ3) is 3.49. The third-order valence-corrected chi connectivity index (χ3v) is 4.76. The first kappa shape index (κ1) is 14.6. The topological polar surface area (TPSA) is 42.7 Å². The van der Waals surface area contributed by atoms with E-state index in [1.54, 1.807) is 6.26 Å². The van der Waals surface area contributed by atoms with Crippen molar-refractivity contribution in [2.45, 2.75) is 57.6 Å². The molecule has 0 aliphatic carbocycles. The molecule has 4 heteroatoms. The molecular weight excluding hydrogens is 266 g/mol. The van der Waals surface area contributed by atoms with Gasteiger partial charge in [0, 0.05) is 19.6 Å². The van der Waals surface area contributed by atoms with Crippen LogP contribution in [-0.2, 0) is 9.53 Å². The zero-order chi connectivity index (χ0) is 14.7. The summed E-state index contributed by atoms with van der Waals surface area (Å²) in [7, 11) is 0. The number of amides is 1. The molecule has 21 heavy (non-hydrogen) atoms. The molecule has 3 rings (SSSR count). The summed E-state index contributed by atoms with van der Waals surface area (Å²) >= 11 is 0. The second-order valence-corrected chi connectivity index (χ2v) is 6.42. The van der Waals surface area contributed by atoms with E-state index in [1.807, 2.05) is 17.0 Å². The Hall–Kier alpha value is -1.29. The van der Waals surface area contributed by atoms with Gasteiger partial charge in [-0.1, -0.05) is 6.92 Å². The summed E-state index contributed by atoms with van der Waals surface area (Å²) in [6.07, 6.45) is 7.76. The van der Waals surface area contributed by atoms with Gasteiger partial charge in [-0.25, -0.2) is 0 Å². The molecular formula is C17H25NO3. The molecule has 1 aromatic heterocycles. The molecule has 0 unspecified atom stereocenters. The van der Waals surface area contributed by atoms with Crippen molar-refractivity contribution in [3.63, 3.8) is 0 Å². The van der Waals surface area contributed by atoms with Crippen molar-refractivity contribution in [2.75, 3.05) is 13.2 Å². The minimum atomic E-state index is 0.112. The van der Waals surface area contributed by atoms with Crippen molar-refractivity contribution in [3.8, 4) is 0 Å². The SMILES string of the molecule is C[C@@H]1CCN(C(=O)CC[C@H]2CCCO2)[C@@H](c2ccco2)C1. The second-order valence-electron chi connectivity index (χ2n) is 6.42. The van der Waals surface area contributed by atoms with Crippen LogP contribution in [0, 0.1) is 5.92 Å². The lowest BCUT2D eigenvalue weighted by atomic mass is 9.90. The lowest BCUT2D eigenvalue weighted by Gasteiger charge is -2.37. The van der Waals surface area contributed by atoms with Gasteiger partial charge in [0.05, 0.1) is 18.4 Å². The van der Waals surface area contributed by atoms with Crippen LogP contribution >= 0.6 is 0 Å². The molecule has 0 saturated carbocycles. The number of carbonyl (C=O) groups is 1. The van der Waals surface area contributed by atoms with E-state index in [9.17, 15) is 4.79 Å². The monoisotopic (exact) mass is 291 g/mol. The van der Waals surface area contributed by atoms with Crippen LogP contribution in [0.25, 0.3) is 0 Å². The molecule has 1 amide bonds. The van der Waals surface area contributed by atoms with Gasteiger partial charge in [-0.3, -0.25) is 4.79 Å². The van der Waals surface area contributed by atoms with Gasteiger partial charge in [-0.15, -0.1) is 0 Å². The van der Waals surface area contributed by atoms with Gasteiger partial charge >= 0.3 is 0 Å². The van der Waals surface area contributed by atoms with Crippen LogP contribution in [0.5, 0.6) is 0 Å². The highest BCUT2D eigenvalue weighted by atomic mass is 16.5. The molecule has 0 bridgehead atoms. The molecule has 0 radical (unpaired) electrons. The van der Waals surface area contributed by atoms with E-state index >= 15 is 0 Å². The van der Waals surface area contributed by atoms with Crippen LogP contribution in [0.4, 0.5) is 0 Å². The first-order valence-corrected chi connectivity index (χ1v) is 8.18. The highest BCUT2D eigenvalue weighted by molar-refractivity contribution is 5.76. The van der Waals surface area contributed by atoms with Crippen molar-refractivity contribution in [3.05, 3.63) is 24.2 Å². The fraction of sp³-hybridized carbons (Fsp3) is 0.706. The summed E-state index contributed by atoms with van der Waals surface area (Å²) in [5.41, 5.74) is 0. The molecule has 4 nitrogen and oxygen atoms in total. The fourth-order valence-electron chi connectivity index (χ4n) is 3.49. The zero-order valence-corrected chi connectivity index (χ0v) is 12.8. The van der Waals surface area contributed by atoms with Gasteiger partial charge in [0.1, 0.15) is 5.76 Å². The Morgan fingerprint density at radius 1 is 1.43 bits per heavy atom. The van der Waals surface area contributed by atoms with Crippen LogP contribution in [0.2, 0.25) is 0 Å². The van der Waals surface area contributed by atoms with Gasteiger partial charge in [0.25, 0.3) is 0 Å². The van der Waals surface area contributed by atoms with Crippen molar-refractivity contribution in [2.24, 2.45) is 5.92 Å². The lowest BCUT2D eigenvalue weighted by molar-refractivity contribution is -0.136. The first-order valence-electron chi connectivity index (χ1n) is 8.18. The molecule has 2 fully saturated rings. The maximum absolute atomic E-state index is 12.6. The third-order valence-electron chi connectivity index (χ3n) is 4.76. The first-order chi connectivity index (χ1) is 10.2. The summed E-state index contributed by atoms with van der Waals surface area (Å²) in [4.78, 5) is 14.6. The summed E-state index contributed by atoms with van der Waals surface area (Å²) in [5, 5.41) is 0. The second kappa shape index (κ2) is 6.65. The molecule has 3 atom stereocenters. The quantitative estimate of drug-likeness (QED) is 0.852. The van der Waals surface area contributed by atoms with E-state index in [0.29, 0.717) is 18.4 Å². The van der Waals surface area contributed by atoms with E-state index in [4.69, 9.17) is 9.15 Å². The van der Waals surface area contributed by atoms with Crippen LogP contribution in [0.15, 0.2) is 22.8 Å². The van der Waals surface area contributed by atoms with E-state index in [1.165, 1.54) is 0 Å². The lowest BCUT2D eigenvalue weighted by Crippen LogP contribution is -2.40. The zero-order valence-electron chi connectivity index (χ0n) is 12.8. The molecule has 0 aromatic carbocycles. The van der Waals surface area contributed by atoms with Crippen LogP contribution in [-0.4, -0.2) is 30.1 Å². The van der Waals surface area contributed by atoms with E-state index in [-0.39, 0.29) is 11.9 Å². The average Bonchev–Trinajstić information content (AvgIpc) is 3.18. The Kier molecular flexibility index (Phi) is 4.63. The summed E-state index contributed by atoms with van der Waals surface area (Å²) < 4.78 is 11.2. The van der Waals surface area contributed by atoms with Crippen molar-refractivity contribution in [1.82, 2.24) is 4.90 Å². The minimum Gasteiger partial charge on any atom is -0.467 e. The number of rotatable bonds is 4. The van der Waals surface area contributed by atoms with Crippen LogP contribution in [0.1, 0.15) is 57.3 Å². The van der Waals surface area contributed by atoms with Gasteiger partial charge in [0.15, 0.2) is 0 Å². The van der Waals surface area contributed by atoms with Crippen molar-refractivity contribution in [1.29, 1.82) is 0 Å². The fourth-order valence-corrected chi connectivity index (χ4v) is 3.49. The summed E-state index contributed by atoms with van der Waals surface area (Å²) in [5.74, 6) is 1.81. The highest BCUT2D eigenvalue weighted by Gasteiger charge is 2.32. The molecule has 3 heterocycles. The number of likely N-dealkylation sites (tertiary alicyclic amines) is 1. The molecule has 2 saturated heterocycles. The Labute approximate surface area is 126 Å². The average molecular weight is 291 g/mol. The largest absolute Gasteiger partial charge is 0.467 e. The van der Waals surface area contributed by atoms with Crippen molar-refractivity contribution >= 4 is 5.91 Å². The number of hydrogen-bond acceptors (Lipinski definition) is 3. The maximum Gasteiger partial charge on any atom is 0.223 e. The standard InChI is InChI=1S/C17H25NO3/c1-13-8-9-18(15(12-13)16-5-3-11-21-16)17(19)7-6-14-4-2-10-20-14/h3,5,11,13-15H,2,4,6-10,12H2,1H3/t13-,14-,15-/m1/s1. The van der Waals surface area contributed by atoms with E-state index in [0.717, 1.165) is 51.0 Å². The maximum atomic E-state index is 12.6. The Bertz CT molecular complexity index is 451. The molecule has 2 aliphatic rings. The Balaban J connectivity index is 1.61. The number of hydrogen-bond donors (Lipinski definition) is 0. The van der Waals surface area contributed by atoms with Gasteiger partial charge in [0.2, 0.25) is 5.91 Å². The molecule has 116 valence electrons. The normalized spacial score (nSPS) is 29.8. The Morgan fingerprint density at radius 3 is 3.05 bits per heavy atom. The van der Waals surface area contributed by atoms with E-state index < -0.39 is 0 Å². The molecule has 0 spiro atoms. The molecule has 1 aromatic rings. The predicted octanol–water partition coefficient (Wildman–Crippen LogP) is 3.54. The number of carbonyl (C=O) groups excluding carboxylic acids is 1. The smallest absolute Gasteiger partial charge is 0.223 e. The molecule has 2 aliphatic heterocycles. The van der Waals surface area contributed by atoms with Gasteiger partial charge in [-0.2, -0.15) is 0 Å². The number of nitrogens with zero attached hydrogens (tertiary/aromatic N) is 1. The number of ether oxygens (including phenoxy) is 1. The number of furan rings is 1. The summed E-state index contributed by atoms with van der Waals surface area (Å²) in [6.45, 7) is 3.95. The van der Waals surface area contributed by atoms with Crippen LogP contribution < -0.4 is 0 Å². The minimum absolute atomic E-state index is 0.112. The Morgan fingerprint density at radius 2 is 2.33 bits per heavy atom. The van der Waals surface area contributed by atoms with Crippen LogP contribution in [0.3, 0.4) is 0 Å². The van der Waals surface area contributed by atoms with Gasteiger partial charge < -0.3 is 14.1 Å². The van der Waals surface area contributed by atoms with Gasteiger partial charge in [-0.05, 0) is 50.2 Å². The number of piperidine rings is 1. The highest BCUT2D eigenvalue weighted by Crippen LogP contribution is 2.35. The van der Waals surface area contributed by atoms with Crippen molar-refractivity contribution < 1.29 is 13.9 Å².